The molecule has 1 aromatic rings. The number of hydrogen-bond acceptors (Lipinski definition) is 4. The monoisotopic (exact) mass is 252 g/mol. The second-order valence-corrected chi connectivity index (χ2v) is 4.22. The zero-order valence-corrected chi connectivity index (χ0v) is 11.1. The summed E-state index contributed by atoms with van der Waals surface area (Å²) in [5.74, 6) is 0.638. The van der Waals surface area contributed by atoms with Crippen molar-refractivity contribution in [3.8, 4) is 5.75 Å². The minimum Gasteiger partial charge on any atom is -0.496 e. The Morgan fingerprint density at radius 1 is 1.39 bits per heavy atom. The summed E-state index contributed by atoms with van der Waals surface area (Å²) in [4.78, 5) is 11.6. The number of carbonyl (C=O) groups excluding carboxylic acids is 1. The van der Waals surface area contributed by atoms with Gasteiger partial charge < -0.3 is 14.9 Å². The molecule has 1 atom stereocenters. The molecular formula is C14H20O4. The second-order valence-electron chi connectivity index (χ2n) is 4.22. The summed E-state index contributed by atoms with van der Waals surface area (Å²) in [6, 6.07) is 3.48. The fraction of sp³-hybridized carbons (Fsp3) is 0.500. The SMILES string of the molecule is CCc1c(C(C)=O)ccc(OC)c1CC(O)CO. The minimum absolute atomic E-state index is 0.00533. The van der Waals surface area contributed by atoms with Gasteiger partial charge in [0.1, 0.15) is 5.75 Å². The molecule has 0 radical (unpaired) electrons. The fourth-order valence-corrected chi connectivity index (χ4v) is 2.12. The van der Waals surface area contributed by atoms with Gasteiger partial charge in [0, 0.05) is 17.5 Å². The number of carbonyl (C=O) groups is 1. The van der Waals surface area contributed by atoms with Crippen LogP contribution in [0.5, 0.6) is 5.75 Å². The van der Waals surface area contributed by atoms with Crippen LogP contribution in [-0.2, 0) is 12.8 Å². The molecule has 4 nitrogen and oxygen atoms in total. The van der Waals surface area contributed by atoms with Crippen LogP contribution in [0.25, 0.3) is 0 Å². The standard InChI is InChI=1S/C14H20O4/c1-4-11-12(9(2)16)5-6-14(18-3)13(11)7-10(17)8-15/h5-6,10,15,17H,4,7-8H2,1-3H3. The predicted molar refractivity (Wildman–Crippen MR) is 69.2 cm³/mol. The maximum absolute atomic E-state index is 11.6. The van der Waals surface area contributed by atoms with Crippen molar-refractivity contribution in [2.24, 2.45) is 0 Å². The lowest BCUT2D eigenvalue weighted by atomic mass is 9.92. The quantitative estimate of drug-likeness (QED) is 0.750. The van der Waals surface area contributed by atoms with Crippen LogP contribution >= 0.6 is 0 Å². The highest BCUT2D eigenvalue weighted by molar-refractivity contribution is 5.96. The van der Waals surface area contributed by atoms with E-state index in [9.17, 15) is 9.90 Å². The molecular weight excluding hydrogens is 232 g/mol. The molecule has 1 unspecified atom stereocenters. The predicted octanol–water partition coefficient (Wildman–Crippen LogP) is 1.36. The van der Waals surface area contributed by atoms with E-state index in [-0.39, 0.29) is 18.8 Å². The van der Waals surface area contributed by atoms with Crippen molar-refractivity contribution in [1.82, 2.24) is 0 Å². The second kappa shape index (κ2) is 6.52. The van der Waals surface area contributed by atoms with Crippen molar-refractivity contribution in [2.75, 3.05) is 13.7 Å². The lowest BCUT2D eigenvalue weighted by Crippen LogP contribution is -2.18. The summed E-state index contributed by atoms with van der Waals surface area (Å²) in [6.45, 7) is 3.17. The molecule has 0 aliphatic carbocycles. The normalized spacial score (nSPS) is 12.3. The maximum atomic E-state index is 11.6. The van der Waals surface area contributed by atoms with Crippen molar-refractivity contribution in [2.45, 2.75) is 32.8 Å². The van der Waals surface area contributed by atoms with Gasteiger partial charge in [0.15, 0.2) is 5.78 Å². The molecule has 0 fully saturated rings. The van der Waals surface area contributed by atoms with Crippen LogP contribution in [0, 0.1) is 0 Å². The molecule has 0 heterocycles. The summed E-state index contributed by atoms with van der Waals surface area (Å²) in [5.41, 5.74) is 2.34. The van der Waals surface area contributed by atoms with Gasteiger partial charge in [-0.2, -0.15) is 0 Å². The van der Waals surface area contributed by atoms with Crippen LogP contribution in [0.15, 0.2) is 12.1 Å². The van der Waals surface area contributed by atoms with Crippen LogP contribution in [-0.4, -0.2) is 35.8 Å². The Kier molecular flexibility index (Phi) is 5.31. The summed E-state index contributed by atoms with van der Waals surface area (Å²) >= 11 is 0. The van der Waals surface area contributed by atoms with Gasteiger partial charge >= 0.3 is 0 Å². The van der Waals surface area contributed by atoms with Crippen LogP contribution in [0.2, 0.25) is 0 Å². The van der Waals surface area contributed by atoms with E-state index in [1.807, 2.05) is 6.92 Å². The summed E-state index contributed by atoms with van der Waals surface area (Å²) < 4.78 is 5.26. The van der Waals surface area contributed by atoms with Crippen molar-refractivity contribution in [3.63, 3.8) is 0 Å². The largest absolute Gasteiger partial charge is 0.496 e. The minimum atomic E-state index is -0.841. The smallest absolute Gasteiger partial charge is 0.160 e. The number of methoxy groups -OCH3 is 1. The molecule has 100 valence electrons. The van der Waals surface area contributed by atoms with Gasteiger partial charge in [-0.1, -0.05) is 6.92 Å². The Bertz CT molecular complexity index is 426. The average molecular weight is 252 g/mol. The molecule has 0 saturated carbocycles. The average Bonchev–Trinajstić information content (AvgIpc) is 2.37. The molecule has 0 saturated heterocycles. The van der Waals surface area contributed by atoms with E-state index < -0.39 is 6.10 Å². The van der Waals surface area contributed by atoms with Gasteiger partial charge in [0.25, 0.3) is 0 Å². The number of rotatable bonds is 6. The highest BCUT2D eigenvalue weighted by Gasteiger charge is 2.17. The molecule has 18 heavy (non-hydrogen) atoms. The van der Waals surface area contributed by atoms with E-state index in [4.69, 9.17) is 9.84 Å². The molecule has 0 amide bonds. The molecule has 0 aliphatic rings. The van der Waals surface area contributed by atoms with Crippen molar-refractivity contribution in [3.05, 3.63) is 28.8 Å². The Morgan fingerprint density at radius 3 is 2.50 bits per heavy atom. The molecule has 1 aromatic carbocycles. The molecule has 0 bridgehead atoms. The van der Waals surface area contributed by atoms with E-state index in [1.54, 1.807) is 19.2 Å². The first-order valence-electron chi connectivity index (χ1n) is 6.03. The van der Waals surface area contributed by atoms with Crippen LogP contribution in [0.3, 0.4) is 0 Å². The summed E-state index contributed by atoms with van der Waals surface area (Å²) in [7, 11) is 1.55. The van der Waals surface area contributed by atoms with Crippen molar-refractivity contribution >= 4 is 5.78 Å². The van der Waals surface area contributed by atoms with Crippen LogP contribution in [0.4, 0.5) is 0 Å². The number of benzene rings is 1. The Balaban J connectivity index is 3.32. The van der Waals surface area contributed by atoms with E-state index in [0.29, 0.717) is 17.7 Å². The number of aliphatic hydroxyl groups excluding tert-OH is 2. The number of ketones is 1. The number of hydrogen-bond donors (Lipinski definition) is 2. The van der Waals surface area contributed by atoms with Gasteiger partial charge in [-0.25, -0.2) is 0 Å². The van der Waals surface area contributed by atoms with Gasteiger partial charge in [-0.3, -0.25) is 4.79 Å². The number of ether oxygens (including phenoxy) is 1. The van der Waals surface area contributed by atoms with Crippen LogP contribution in [0.1, 0.15) is 35.3 Å². The molecule has 0 spiro atoms. The number of aliphatic hydroxyl groups is 2. The Labute approximate surface area is 107 Å². The van der Waals surface area contributed by atoms with Crippen LogP contribution < -0.4 is 4.74 Å². The lowest BCUT2D eigenvalue weighted by molar-refractivity contribution is 0.0945. The third-order valence-corrected chi connectivity index (χ3v) is 2.99. The van der Waals surface area contributed by atoms with Crippen molar-refractivity contribution < 1.29 is 19.7 Å². The van der Waals surface area contributed by atoms with Gasteiger partial charge in [0.2, 0.25) is 0 Å². The highest BCUT2D eigenvalue weighted by Crippen LogP contribution is 2.28. The Morgan fingerprint density at radius 2 is 2.06 bits per heavy atom. The lowest BCUT2D eigenvalue weighted by Gasteiger charge is -2.17. The summed E-state index contributed by atoms with van der Waals surface area (Å²) in [5, 5.41) is 18.5. The molecule has 4 heteroatoms. The highest BCUT2D eigenvalue weighted by atomic mass is 16.5. The molecule has 2 N–H and O–H groups in total. The number of Topliss-reactive ketones (excluding diaryl/α,β-unsaturated/α-hetero) is 1. The third-order valence-electron chi connectivity index (χ3n) is 2.99. The van der Waals surface area contributed by atoms with E-state index >= 15 is 0 Å². The van der Waals surface area contributed by atoms with E-state index in [0.717, 1.165) is 11.1 Å². The first kappa shape index (κ1) is 14.7. The molecule has 0 aliphatic heterocycles. The van der Waals surface area contributed by atoms with Crippen molar-refractivity contribution in [1.29, 1.82) is 0 Å². The van der Waals surface area contributed by atoms with Gasteiger partial charge in [-0.15, -0.1) is 0 Å². The zero-order valence-electron chi connectivity index (χ0n) is 11.1. The van der Waals surface area contributed by atoms with Gasteiger partial charge in [-0.05, 0) is 31.0 Å². The molecule has 1 rings (SSSR count). The van der Waals surface area contributed by atoms with E-state index in [1.165, 1.54) is 6.92 Å². The first-order valence-corrected chi connectivity index (χ1v) is 6.03. The Hall–Kier alpha value is -1.39. The fourth-order valence-electron chi connectivity index (χ4n) is 2.12. The first-order chi connectivity index (χ1) is 8.54. The third kappa shape index (κ3) is 3.09. The van der Waals surface area contributed by atoms with E-state index in [2.05, 4.69) is 0 Å². The zero-order chi connectivity index (χ0) is 13.7. The maximum Gasteiger partial charge on any atom is 0.160 e. The van der Waals surface area contributed by atoms with Gasteiger partial charge in [0.05, 0.1) is 19.8 Å². The summed E-state index contributed by atoms with van der Waals surface area (Å²) in [6.07, 6.45) is 0.121. The topological polar surface area (TPSA) is 66.8 Å². The molecule has 0 aromatic heterocycles.